The number of rotatable bonds is 2. The predicted molar refractivity (Wildman–Crippen MR) is 81.5 cm³/mol. The van der Waals surface area contributed by atoms with Gasteiger partial charge in [0.25, 0.3) is 0 Å². The van der Waals surface area contributed by atoms with E-state index in [1.807, 2.05) is 25.1 Å². The number of benzene rings is 1. The average molecular weight is 353 g/mol. The van der Waals surface area contributed by atoms with Gasteiger partial charge in [-0.05, 0) is 46.1 Å². The zero-order valence-electron chi connectivity index (χ0n) is 10.8. The van der Waals surface area contributed by atoms with Crippen LogP contribution in [0.15, 0.2) is 45.9 Å². The number of anilines is 1. The highest BCUT2D eigenvalue weighted by molar-refractivity contribution is 9.10. The molecule has 0 saturated heterocycles. The minimum Gasteiger partial charge on any atom is -0.362 e. The smallest absolute Gasteiger partial charge is 0.181 e. The molecule has 0 bridgehead atoms. The lowest BCUT2D eigenvalue weighted by atomic mass is 10.1. The normalized spacial score (nSPS) is 19.6. The third-order valence-electron chi connectivity index (χ3n) is 3.37. The predicted octanol–water partition coefficient (Wildman–Crippen LogP) is 3.09. The van der Waals surface area contributed by atoms with Gasteiger partial charge in [-0.2, -0.15) is 0 Å². The topological polar surface area (TPSA) is 59.1 Å². The van der Waals surface area contributed by atoms with Crippen molar-refractivity contribution in [3.05, 3.63) is 52.1 Å². The Morgan fingerprint density at radius 2 is 2.10 bits per heavy atom. The van der Waals surface area contributed by atoms with Gasteiger partial charge >= 0.3 is 0 Å². The van der Waals surface area contributed by atoms with Crippen molar-refractivity contribution in [2.45, 2.75) is 17.9 Å². The van der Waals surface area contributed by atoms with Crippen LogP contribution in [-0.2, 0) is 9.84 Å². The van der Waals surface area contributed by atoms with Gasteiger partial charge < -0.3 is 5.32 Å². The maximum atomic E-state index is 12.1. The van der Waals surface area contributed by atoms with Crippen LogP contribution in [-0.4, -0.2) is 19.2 Å². The van der Waals surface area contributed by atoms with Crippen molar-refractivity contribution in [3.8, 4) is 0 Å². The van der Waals surface area contributed by atoms with E-state index in [2.05, 4.69) is 26.2 Å². The highest BCUT2D eigenvalue weighted by atomic mass is 79.9. The molecule has 1 aromatic carbocycles. The molecule has 2 heterocycles. The minimum atomic E-state index is -3.20. The van der Waals surface area contributed by atoms with E-state index in [1.54, 1.807) is 18.3 Å². The monoisotopic (exact) mass is 352 g/mol. The van der Waals surface area contributed by atoms with Crippen molar-refractivity contribution in [3.63, 3.8) is 0 Å². The second-order valence-electron chi connectivity index (χ2n) is 4.84. The molecule has 0 aliphatic carbocycles. The van der Waals surface area contributed by atoms with Gasteiger partial charge in [-0.25, -0.2) is 13.4 Å². The molecule has 0 saturated carbocycles. The van der Waals surface area contributed by atoms with Crippen LogP contribution in [0.3, 0.4) is 0 Å². The summed E-state index contributed by atoms with van der Waals surface area (Å²) in [6, 6.07) is 8.83. The molecule has 4 nitrogen and oxygen atoms in total. The van der Waals surface area contributed by atoms with Gasteiger partial charge in [0.15, 0.2) is 9.84 Å². The van der Waals surface area contributed by atoms with Crippen LogP contribution < -0.4 is 5.32 Å². The fraction of sp³-hybridized carbons (Fsp3) is 0.214. The SMILES string of the molecule is Cc1cc(Br)cnc1NC1CS(=O)(=O)c2ccccc21. The van der Waals surface area contributed by atoms with Crippen LogP contribution in [0.4, 0.5) is 5.82 Å². The van der Waals surface area contributed by atoms with Gasteiger partial charge in [0, 0.05) is 10.7 Å². The molecule has 1 N–H and O–H groups in total. The number of nitrogens with zero attached hydrogens (tertiary/aromatic N) is 1. The Morgan fingerprint density at radius 3 is 2.85 bits per heavy atom. The molecule has 1 aromatic heterocycles. The average Bonchev–Trinajstić information content (AvgIpc) is 2.65. The Bertz CT molecular complexity index is 774. The fourth-order valence-corrected chi connectivity index (χ4v) is 4.61. The van der Waals surface area contributed by atoms with Crippen LogP contribution in [0, 0.1) is 6.92 Å². The number of pyridine rings is 1. The van der Waals surface area contributed by atoms with Gasteiger partial charge in [-0.1, -0.05) is 18.2 Å². The molecule has 2 aromatic rings. The van der Waals surface area contributed by atoms with E-state index in [0.29, 0.717) is 10.7 Å². The highest BCUT2D eigenvalue weighted by Crippen LogP contribution is 2.35. The van der Waals surface area contributed by atoms with E-state index >= 15 is 0 Å². The van der Waals surface area contributed by atoms with Crippen LogP contribution in [0.5, 0.6) is 0 Å². The first-order chi connectivity index (χ1) is 9.47. The van der Waals surface area contributed by atoms with Crippen LogP contribution in [0.1, 0.15) is 17.2 Å². The van der Waals surface area contributed by atoms with Gasteiger partial charge in [0.2, 0.25) is 0 Å². The second kappa shape index (κ2) is 4.86. The zero-order valence-corrected chi connectivity index (χ0v) is 13.2. The summed E-state index contributed by atoms with van der Waals surface area (Å²) in [4.78, 5) is 4.73. The van der Waals surface area contributed by atoms with Crippen molar-refractivity contribution >= 4 is 31.6 Å². The summed E-state index contributed by atoms with van der Waals surface area (Å²) < 4.78 is 25.2. The van der Waals surface area contributed by atoms with Crippen molar-refractivity contribution in [1.29, 1.82) is 0 Å². The molecule has 1 atom stereocenters. The molecule has 6 heteroatoms. The molecule has 0 fully saturated rings. The summed E-state index contributed by atoms with van der Waals surface area (Å²) in [5, 5.41) is 3.24. The maximum absolute atomic E-state index is 12.1. The van der Waals surface area contributed by atoms with Crippen LogP contribution in [0.25, 0.3) is 0 Å². The first-order valence-electron chi connectivity index (χ1n) is 6.18. The van der Waals surface area contributed by atoms with Gasteiger partial charge in [-0.15, -0.1) is 0 Å². The van der Waals surface area contributed by atoms with E-state index < -0.39 is 9.84 Å². The van der Waals surface area contributed by atoms with E-state index in [1.165, 1.54) is 0 Å². The summed E-state index contributed by atoms with van der Waals surface area (Å²) in [5.74, 6) is 0.786. The second-order valence-corrected chi connectivity index (χ2v) is 7.75. The molecule has 1 aliphatic rings. The quantitative estimate of drug-likeness (QED) is 0.901. The fourth-order valence-electron chi connectivity index (χ4n) is 2.43. The number of sulfone groups is 1. The van der Waals surface area contributed by atoms with Crippen LogP contribution >= 0.6 is 15.9 Å². The molecule has 0 amide bonds. The third-order valence-corrected chi connectivity index (χ3v) is 5.62. The summed E-state index contributed by atoms with van der Waals surface area (Å²) in [6.07, 6.45) is 1.70. The molecule has 0 spiro atoms. The van der Waals surface area contributed by atoms with E-state index in [0.717, 1.165) is 15.6 Å². The molecule has 1 unspecified atom stereocenters. The van der Waals surface area contributed by atoms with E-state index in [4.69, 9.17) is 0 Å². The Labute approximate surface area is 126 Å². The number of nitrogens with one attached hydrogen (secondary N) is 1. The highest BCUT2D eigenvalue weighted by Gasteiger charge is 2.34. The Hall–Kier alpha value is -1.40. The minimum absolute atomic E-state index is 0.0729. The van der Waals surface area contributed by atoms with Gasteiger partial charge in [-0.3, -0.25) is 0 Å². The van der Waals surface area contributed by atoms with Gasteiger partial charge in [0.1, 0.15) is 5.82 Å². The first-order valence-corrected chi connectivity index (χ1v) is 8.62. The summed E-state index contributed by atoms with van der Waals surface area (Å²) >= 11 is 3.37. The molecule has 1 aliphatic heterocycles. The third kappa shape index (κ3) is 2.33. The summed E-state index contributed by atoms with van der Waals surface area (Å²) in [7, 11) is -3.20. The number of aromatic nitrogens is 1. The lowest BCUT2D eigenvalue weighted by molar-refractivity contribution is 0.598. The molecule has 0 radical (unpaired) electrons. The largest absolute Gasteiger partial charge is 0.362 e. The number of halogens is 1. The number of aryl methyl sites for hydroxylation is 1. The van der Waals surface area contributed by atoms with Crippen molar-refractivity contribution in [2.24, 2.45) is 0 Å². The standard InChI is InChI=1S/C14H13BrN2O2S/c1-9-6-10(15)7-16-14(9)17-12-8-20(18,19)13-5-3-2-4-11(12)13/h2-7,12H,8H2,1H3,(H,16,17). The maximum Gasteiger partial charge on any atom is 0.181 e. The van der Waals surface area contributed by atoms with E-state index in [-0.39, 0.29) is 11.8 Å². The van der Waals surface area contributed by atoms with Crippen LogP contribution in [0.2, 0.25) is 0 Å². The number of hydrogen-bond acceptors (Lipinski definition) is 4. The Morgan fingerprint density at radius 1 is 1.35 bits per heavy atom. The van der Waals surface area contributed by atoms with Crippen molar-refractivity contribution in [2.75, 3.05) is 11.1 Å². The molecular formula is C14H13BrN2O2S. The molecular weight excluding hydrogens is 340 g/mol. The molecule has 3 rings (SSSR count). The van der Waals surface area contributed by atoms with Crippen molar-refractivity contribution < 1.29 is 8.42 Å². The Balaban J connectivity index is 1.97. The lowest BCUT2D eigenvalue weighted by Gasteiger charge is -2.15. The van der Waals surface area contributed by atoms with Crippen molar-refractivity contribution in [1.82, 2.24) is 4.98 Å². The zero-order chi connectivity index (χ0) is 14.3. The summed E-state index contributed by atoms with van der Waals surface area (Å²) in [5.41, 5.74) is 1.79. The molecule has 20 heavy (non-hydrogen) atoms. The summed E-state index contributed by atoms with van der Waals surface area (Å²) in [6.45, 7) is 1.94. The lowest BCUT2D eigenvalue weighted by Crippen LogP contribution is -2.14. The van der Waals surface area contributed by atoms with E-state index in [9.17, 15) is 8.42 Å². The molecule has 104 valence electrons. The van der Waals surface area contributed by atoms with Gasteiger partial charge in [0.05, 0.1) is 16.7 Å². The Kier molecular flexibility index (Phi) is 3.30. The number of hydrogen-bond donors (Lipinski definition) is 1. The first kappa shape index (κ1) is 13.6. The number of fused-ring (bicyclic) bond motifs is 1.